The lowest BCUT2D eigenvalue weighted by atomic mass is 9.93. The molecular formula is C17H28Cl2N4OS. The lowest BCUT2D eigenvalue weighted by Crippen LogP contribution is -2.40. The summed E-state index contributed by atoms with van der Waals surface area (Å²) in [6.45, 7) is 7.45. The van der Waals surface area contributed by atoms with Gasteiger partial charge in [-0.15, -0.1) is 36.6 Å². The number of nitrogens with two attached hydrogens (primary N) is 1. The molecule has 0 saturated carbocycles. The van der Waals surface area contributed by atoms with Gasteiger partial charge in [0.25, 0.3) is 0 Å². The van der Waals surface area contributed by atoms with Gasteiger partial charge in [-0.3, -0.25) is 4.79 Å². The third kappa shape index (κ3) is 7.05. The van der Waals surface area contributed by atoms with E-state index in [1.165, 1.54) is 5.56 Å². The summed E-state index contributed by atoms with van der Waals surface area (Å²) in [4.78, 5) is 18.5. The van der Waals surface area contributed by atoms with E-state index in [2.05, 4.69) is 38.0 Å². The number of amides is 1. The highest BCUT2D eigenvalue weighted by Gasteiger charge is 2.21. The Balaban J connectivity index is 0.00000288. The van der Waals surface area contributed by atoms with Crippen LogP contribution in [0, 0.1) is 12.3 Å². The molecule has 0 aliphatic rings. The first-order valence-corrected chi connectivity index (χ1v) is 8.92. The van der Waals surface area contributed by atoms with E-state index in [0.717, 1.165) is 17.1 Å². The number of halogens is 2. The van der Waals surface area contributed by atoms with Crippen molar-refractivity contribution in [2.75, 3.05) is 25.9 Å². The number of fused-ring (bicyclic) bond motifs is 1. The smallest absolute Gasteiger partial charge is 0.232 e. The maximum atomic E-state index is 12.2. The number of aryl methyl sites for hydroxylation is 1. The van der Waals surface area contributed by atoms with E-state index in [1.807, 2.05) is 23.7 Å². The number of nitrogens with zero attached hydrogens (tertiary/aromatic N) is 3. The van der Waals surface area contributed by atoms with Crippen LogP contribution in [0.1, 0.15) is 25.1 Å². The van der Waals surface area contributed by atoms with Gasteiger partial charge in [-0.05, 0) is 30.5 Å². The molecule has 0 unspecified atom stereocenters. The highest BCUT2D eigenvalue weighted by Crippen LogP contribution is 2.17. The van der Waals surface area contributed by atoms with Crippen LogP contribution in [-0.4, -0.2) is 46.1 Å². The van der Waals surface area contributed by atoms with E-state index in [0.29, 0.717) is 18.8 Å². The van der Waals surface area contributed by atoms with E-state index in [-0.39, 0.29) is 36.1 Å². The van der Waals surface area contributed by atoms with Crippen LogP contribution in [0.4, 0.5) is 0 Å². The molecule has 2 aromatic heterocycles. The highest BCUT2D eigenvalue weighted by molar-refractivity contribution is 7.99. The first-order chi connectivity index (χ1) is 10.8. The molecule has 2 heterocycles. The van der Waals surface area contributed by atoms with Gasteiger partial charge in [0, 0.05) is 31.7 Å². The molecule has 0 fully saturated rings. The Labute approximate surface area is 166 Å². The van der Waals surface area contributed by atoms with E-state index in [4.69, 9.17) is 5.73 Å². The zero-order chi connectivity index (χ0) is 17.0. The molecule has 2 rings (SSSR count). The predicted molar refractivity (Wildman–Crippen MR) is 111 cm³/mol. The molecule has 0 radical (unpaired) electrons. The second kappa shape index (κ2) is 10.3. The number of hydrogen-bond donors (Lipinski definition) is 1. The molecule has 5 nitrogen and oxygen atoms in total. The van der Waals surface area contributed by atoms with Crippen LogP contribution in [0.2, 0.25) is 0 Å². The van der Waals surface area contributed by atoms with Gasteiger partial charge in [0.05, 0.1) is 11.4 Å². The third-order valence-electron chi connectivity index (χ3n) is 3.77. The number of aromatic nitrogens is 2. The Morgan fingerprint density at radius 2 is 2.00 bits per heavy atom. The van der Waals surface area contributed by atoms with Crippen molar-refractivity contribution in [3.8, 4) is 0 Å². The molecule has 142 valence electrons. The first-order valence-electron chi connectivity index (χ1n) is 7.77. The summed E-state index contributed by atoms with van der Waals surface area (Å²) in [7, 11) is 1.84. The van der Waals surface area contributed by atoms with Crippen molar-refractivity contribution in [1.82, 2.24) is 14.3 Å². The monoisotopic (exact) mass is 406 g/mol. The highest BCUT2D eigenvalue weighted by atomic mass is 35.5. The minimum atomic E-state index is -0.0471. The van der Waals surface area contributed by atoms with Crippen molar-refractivity contribution in [2.24, 2.45) is 11.1 Å². The molecule has 0 bridgehead atoms. The quantitative estimate of drug-likeness (QED) is 0.766. The molecule has 1 amide bonds. The van der Waals surface area contributed by atoms with Crippen molar-refractivity contribution in [3.63, 3.8) is 0 Å². The summed E-state index contributed by atoms with van der Waals surface area (Å²) in [5.41, 5.74) is 8.82. The van der Waals surface area contributed by atoms with Crippen LogP contribution in [0.25, 0.3) is 5.65 Å². The lowest BCUT2D eigenvalue weighted by molar-refractivity contribution is -0.128. The van der Waals surface area contributed by atoms with Gasteiger partial charge < -0.3 is 15.0 Å². The molecule has 0 aliphatic carbocycles. The van der Waals surface area contributed by atoms with Crippen molar-refractivity contribution >= 4 is 48.1 Å². The fraction of sp³-hybridized carbons (Fsp3) is 0.529. The fourth-order valence-corrected chi connectivity index (χ4v) is 3.22. The zero-order valence-electron chi connectivity index (χ0n) is 15.2. The largest absolute Gasteiger partial charge is 0.344 e. The maximum Gasteiger partial charge on any atom is 0.232 e. The van der Waals surface area contributed by atoms with E-state index in [9.17, 15) is 4.79 Å². The molecule has 25 heavy (non-hydrogen) atoms. The Bertz CT molecular complexity index is 690. The third-order valence-corrected chi connectivity index (χ3v) is 4.72. The molecule has 0 aromatic carbocycles. The molecule has 0 saturated heterocycles. The number of thioether (sulfide) groups is 1. The standard InChI is InChI=1S/C17H26N4OS.2ClH/c1-13-5-6-15-19-14(8-21(15)7-13)9-23-10-16(22)20(4)12-17(2,3)11-18;;/h5-8H,9-12,18H2,1-4H3;2*1H. The Hall–Kier alpha value is -0.950. The predicted octanol–water partition coefficient (Wildman–Crippen LogP) is 3.16. The number of carbonyl (C=O) groups excluding carboxylic acids is 1. The first kappa shape index (κ1) is 24.1. The summed E-state index contributed by atoms with van der Waals surface area (Å²) in [5.74, 6) is 1.33. The van der Waals surface area contributed by atoms with Crippen molar-refractivity contribution in [1.29, 1.82) is 0 Å². The minimum Gasteiger partial charge on any atom is -0.344 e. The van der Waals surface area contributed by atoms with Crippen LogP contribution < -0.4 is 5.73 Å². The van der Waals surface area contributed by atoms with E-state index < -0.39 is 0 Å². The van der Waals surface area contributed by atoms with Gasteiger partial charge in [0.1, 0.15) is 5.65 Å². The lowest BCUT2D eigenvalue weighted by Gasteiger charge is -2.29. The van der Waals surface area contributed by atoms with Crippen LogP contribution >= 0.6 is 36.6 Å². The van der Waals surface area contributed by atoms with Crippen LogP contribution in [-0.2, 0) is 10.5 Å². The molecule has 0 spiro atoms. The van der Waals surface area contributed by atoms with Crippen molar-refractivity contribution in [2.45, 2.75) is 26.5 Å². The van der Waals surface area contributed by atoms with E-state index in [1.54, 1.807) is 16.7 Å². The molecule has 2 aromatic rings. The molecule has 8 heteroatoms. The molecule has 2 N–H and O–H groups in total. The number of rotatable bonds is 7. The Morgan fingerprint density at radius 3 is 2.64 bits per heavy atom. The maximum absolute atomic E-state index is 12.2. The molecule has 0 atom stereocenters. The van der Waals surface area contributed by atoms with Gasteiger partial charge in [0.2, 0.25) is 5.91 Å². The van der Waals surface area contributed by atoms with Crippen LogP contribution in [0.3, 0.4) is 0 Å². The van der Waals surface area contributed by atoms with Gasteiger partial charge in [0.15, 0.2) is 0 Å². The zero-order valence-corrected chi connectivity index (χ0v) is 17.6. The van der Waals surface area contributed by atoms with Crippen LogP contribution in [0.5, 0.6) is 0 Å². The average Bonchev–Trinajstić information content (AvgIpc) is 2.88. The second-order valence-electron chi connectivity index (χ2n) is 6.82. The number of imidazole rings is 1. The van der Waals surface area contributed by atoms with Gasteiger partial charge in [-0.2, -0.15) is 0 Å². The average molecular weight is 407 g/mol. The summed E-state index contributed by atoms with van der Waals surface area (Å²) < 4.78 is 2.03. The van der Waals surface area contributed by atoms with Crippen LogP contribution in [0.15, 0.2) is 24.5 Å². The fourth-order valence-electron chi connectivity index (χ4n) is 2.37. The van der Waals surface area contributed by atoms with Gasteiger partial charge in [-0.25, -0.2) is 4.98 Å². The Morgan fingerprint density at radius 1 is 1.32 bits per heavy atom. The normalized spacial score (nSPS) is 10.9. The summed E-state index contributed by atoms with van der Waals surface area (Å²) in [6.07, 6.45) is 4.09. The van der Waals surface area contributed by atoms with Gasteiger partial charge in [-0.1, -0.05) is 19.9 Å². The molecule has 0 aliphatic heterocycles. The topological polar surface area (TPSA) is 63.6 Å². The minimum absolute atomic E-state index is 0. The van der Waals surface area contributed by atoms with Crippen molar-refractivity contribution < 1.29 is 4.79 Å². The summed E-state index contributed by atoms with van der Waals surface area (Å²) in [5, 5.41) is 0. The Kier molecular flexibility index (Phi) is 9.87. The second-order valence-corrected chi connectivity index (χ2v) is 7.80. The number of hydrogen-bond acceptors (Lipinski definition) is 4. The summed E-state index contributed by atoms with van der Waals surface area (Å²) >= 11 is 1.60. The van der Waals surface area contributed by atoms with Crippen molar-refractivity contribution in [3.05, 3.63) is 35.8 Å². The summed E-state index contributed by atoms with van der Waals surface area (Å²) in [6, 6.07) is 4.06. The van der Waals surface area contributed by atoms with Gasteiger partial charge >= 0.3 is 0 Å². The number of pyridine rings is 1. The van der Waals surface area contributed by atoms with E-state index >= 15 is 0 Å². The number of carbonyl (C=O) groups is 1. The molecular weight excluding hydrogens is 379 g/mol. The SMILES string of the molecule is Cc1ccc2nc(CSCC(=O)N(C)CC(C)(C)CN)cn2c1.Cl.Cl.